The van der Waals surface area contributed by atoms with E-state index in [0.29, 0.717) is 0 Å². The molecule has 1 atom stereocenters. The van der Waals surface area contributed by atoms with Crippen molar-refractivity contribution in [2.24, 2.45) is 0 Å². The first-order valence-electron chi connectivity index (χ1n) is 7.29. The first-order valence-corrected chi connectivity index (χ1v) is 7.29. The van der Waals surface area contributed by atoms with Crippen molar-refractivity contribution in [3.05, 3.63) is 70.3 Å². The molecule has 112 valence electrons. The summed E-state index contributed by atoms with van der Waals surface area (Å²) in [6.45, 7) is 7.02. The minimum atomic E-state index is -0.811. The van der Waals surface area contributed by atoms with E-state index in [9.17, 15) is 8.78 Å². The van der Waals surface area contributed by atoms with Gasteiger partial charge in [-0.25, -0.2) is 8.78 Å². The summed E-state index contributed by atoms with van der Waals surface area (Å²) in [5, 5.41) is 3.43. The highest BCUT2D eigenvalue weighted by Gasteiger charge is 2.17. The van der Waals surface area contributed by atoms with E-state index in [4.69, 9.17) is 0 Å². The van der Waals surface area contributed by atoms with E-state index in [0.717, 1.165) is 24.1 Å². The van der Waals surface area contributed by atoms with Crippen molar-refractivity contribution < 1.29 is 8.78 Å². The van der Waals surface area contributed by atoms with Crippen LogP contribution in [-0.4, -0.2) is 6.54 Å². The molecule has 2 aromatic rings. The Morgan fingerprint density at radius 3 is 2.48 bits per heavy atom. The maximum Gasteiger partial charge on any atom is 0.159 e. The first-order chi connectivity index (χ1) is 10.0. The fraction of sp³-hybridized carbons (Fsp3) is 0.333. The van der Waals surface area contributed by atoms with E-state index in [-0.39, 0.29) is 6.04 Å². The zero-order chi connectivity index (χ0) is 15.4. The number of hydrogen-bond acceptors (Lipinski definition) is 1. The number of hydrogen-bond donors (Lipinski definition) is 1. The van der Waals surface area contributed by atoms with Crippen LogP contribution in [0.3, 0.4) is 0 Å². The number of halogens is 2. The lowest BCUT2D eigenvalue weighted by Crippen LogP contribution is -2.24. The second-order valence-corrected chi connectivity index (χ2v) is 5.35. The Hall–Kier alpha value is -1.74. The maximum atomic E-state index is 13.6. The summed E-state index contributed by atoms with van der Waals surface area (Å²) in [5.41, 5.74) is 4.22. The molecule has 0 radical (unpaired) electrons. The minimum absolute atomic E-state index is 0.125. The molecular weight excluding hydrogens is 268 g/mol. The Labute approximate surface area is 125 Å². The van der Waals surface area contributed by atoms with Crippen LogP contribution >= 0.6 is 0 Å². The fourth-order valence-electron chi connectivity index (χ4n) is 2.47. The smallest absolute Gasteiger partial charge is 0.159 e. The molecule has 1 N–H and O–H groups in total. The van der Waals surface area contributed by atoms with Gasteiger partial charge in [-0.1, -0.05) is 31.2 Å². The van der Waals surface area contributed by atoms with Crippen LogP contribution in [0.25, 0.3) is 0 Å². The molecule has 21 heavy (non-hydrogen) atoms. The van der Waals surface area contributed by atoms with E-state index in [1.54, 1.807) is 6.07 Å². The number of nitrogens with one attached hydrogen (secondary N) is 1. The van der Waals surface area contributed by atoms with Crippen molar-refractivity contribution in [2.75, 3.05) is 6.54 Å². The van der Waals surface area contributed by atoms with Gasteiger partial charge in [0, 0.05) is 0 Å². The topological polar surface area (TPSA) is 12.0 Å². The van der Waals surface area contributed by atoms with Crippen LogP contribution in [0.15, 0.2) is 36.4 Å². The lowest BCUT2D eigenvalue weighted by molar-refractivity contribution is 0.503. The first kappa shape index (κ1) is 15.6. The third kappa shape index (κ3) is 3.48. The molecule has 1 unspecified atom stereocenters. The number of rotatable bonds is 5. The molecule has 0 aromatic heterocycles. The van der Waals surface area contributed by atoms with Crippen molar-refractivity contribution in [3.63, 3.8) is 0 Å². The van der Waals surface area contributed by atoms with Crippen LogP contribution in [0.5, 0.6) is 0 Å². The molecule has 0 bridgehead atoms. The van der Waals surface area contributed by atoms with Crippen LogP contribution in [0, 0.1) is 25.5 Å². The zero-order valence-corrected chi connectivity index (χ0v) is 12.7. The molecule has 3 heteroatoms. The summed E-state index contributed by atoms with van der Waals surface area (Å²) in [5.74, 6) is -1.62. The molecule has 1 nitrogen and oxygen atoms in total. The molecule has 0 aliphatic rings. The van der Waals surface area contributed by atoms with Gasteiger partial charge in [0.1, 0.15) is 0 Å². The van der Waals surface area contributed by atoms with Gasteiger partial charge in [-0.15, -0.1) is 0 Å². The van der Waals surface area contributed by atoms with Crippen LogP contribution in [0.2, 0.25) is 0 Å². The lowest BCUT2D eigenvalue weighted by atomic mass is 9.92. The molecule has 0 heterocycles. The minimum Gasteiger partial charge on any atom is -0.306 e. The third-order valence-electron chi connectivity index (χ3n) is 3.83. The summed E-state index contributed by atoms with van der Waals surface area (Å²) in [6, 6.07) is 10.1. The normalized spacial score (nSPS) is 12.4. The second-order valence-electron chi connectivity index (χ2n) is 5.35. The van der Waals surface area contributed by atoms with E-state index < -0.39 is 11.6 Å². The van der Waals surface area contributed by atoms with E-state index >= 15 is 0 Å². The van der Waals surface area contributed by atoms with Crippen molar-refractivity contribution in [2.45, 2.75) is 33.2 Å². The van der Waals surface area contributed by atoms with Gasteiger partial charge in [0.25, 0.3) is 0 Å². The lowest BCUT2D eigenvalue weighted by Gasteiger charge is -2.22. The quantitative estimate of drug-likeness (QED) is 0.843. The Morgan fingerprint density at radius 2 is 1.81 bits per heavy atom. The molecular formula is C18H21F2N. The van der Waals surface area contributed by atoms with Crippen molar-refractivity contribution >= 4 is 0 Å². The predicted molar refractivity (Wildman–Crippen MR) is 82.4 cm³/mol. The van der Waals surface area contributed by atoms with Crippen LogP contribution in [0.4, 0.5) is 8.78 Å². The van der Waals surface area contributed by atoms with Crippen molar-refractivity contribution in [1.82, 2.24) is 5.32 Å². The Bertz CT molecular complexity index is 623. The summed E-state index contributed by atoms with van der Waals surface area (Å²) < 4.78 is 26.7. The zero-order valence-electron chi connectivity index (χ0n) is 12.7. The molecule has 2 rings (SSSR count). The fourth-order valence-corrected chi connectivity index (χ4v) is 2.47. The summed E-state index contributed by atoms with van der Waals surface area (Å²) in [7, 11) is 0. The molecule has 0 aliphatic heterocycles. The summed E-state index contributed by atoms with van der Waals surface area (Å²) in [6.07, 6.45) is 0.977. The van der Waals surface area contributed by atoms with Gasteiger partial charge in [0.05, 0.1) is 6.04 Å². The standard InChI is InChI=1S/C18H21F2N/c1-4-10-21-18(14-8-9-16(19)17(20)11-14)15-7-5-6-12(2)13(15)3/h5-9,11,18,21H,4,10H2,1-3H3. The summed E-state index contributed by atoms with van der Waals surface area (Å²) >= 11 is 0. The van der Waals surface area contributed by atoms with Gasteiger partial charge >= 0.3 is 0 Å². The SMILES string of the molecule is CCCNC(c1ccc(F)c(F)c1)c1cccc(C)c1C. The van der Waals surface area contributed by atoms with Crippen LogP contribution < -0.4 is 5.32 Å². The highest BCUT2D eigenvalue weighted by atomic mass is 19.2. The predicted octanol–water partition coefficient (Wildman–Crippen LogP) is 4.67. The van der Waals surface area contributed by atoms with E-state index in [1.165, 1.54) is 23.3 Å². The Morgan fingerprint density at radius 1 is 1.05 bits per heavy atom. The molecule has 0 saturated heterocycles. The van der Waals surface area contributed by atoms with E-state index in [2.05, 4.69) is 32.2 Å². The number of benzene rings is 2. The van der Waals surface area contributed by atoms with Crippen LogP contribution in [0.1, 0.15) is 41.6 Å². The third-order valence-corrected chi connectivity index (χ3v) is 3.83. The van der Waals surface area contributed by atoms with Gasteiger partial charge in [0.2, 0.25) is 0 Å². The van der Waals surface area contributed by atoms with Gasteiger partial charge in [-0.2, -0.15) is 0 Å². The monoisotopic (exact) mass is 289 g/mol. The Kier molecular flexibility index (Phi) is 5.07. The Balaban J connectivity index is 2.47. The van der Waals surface area contributed by atoms with Crippen LogP contribution in [-0.2, 0) is 0 Å². The molecule has 2 aromatic carbocycles. The average Bonchev–Trinajstić information content (AvgIpc) is 2.47. The molecule has 0 saturated carbocycles. The number of aryl methyl sites for hydroxylation is 1. The van der Waals surface area contributed by atoms with Gasteiger partial charge in [-0.3, -0.25) is 0 Å². The maximum absolute atomic E-state index is 13.6. The van der Waals surface area contributed by atoms with Crippen molar-refractivity contribution in [1.29, 1.82) is 0 Å². The van der Waals surface area contributed by atoms with Gasteiger partial charge in [-0.05, 0) is 61.2 Å². The largest absolute Gasteiger partial charge is 0.306 e. The van der Waals surface area contributed by atoms with Gasteiger partial charge < -0.3 is 5.32 Å². The molecule has 0 amide bonds. The second kappa shape index (κ2) is 6.81. The van der Waals surface area contributed by atoms with Crippen molar-refractivity contribution in [3.8, 4) is 0 Å². The molecule has 0 aliphatic carbocycles. The highest BCUT2D eigenvalue weighted by Crippen LogP contribution is 2.27. The molecule has 0 fully saturated rings. The average molecular weight is 289 g/mol. The summed E-state index contributed by atoms with van der Waals surface area (Å²) in [4.78, 5) is 0. The highest BCUT2D eigenvalue weighted by molar-refractivity contribution is 5.40. The van der Waals surface area contributed by atoms with Gasteiger partial charge in [0.15, 0.2) is 11.6 Å². The molecule has 0 spiro atoms. The van der Waals surface area contributed by atoms with E-state index in [1.807, 2.05) is 12.1 Å².